The minimum Gasteiger partial charge on any atom is -0.339 e. The first-order valence-corrected chi connectivity index (χ1v) is 7.93. The SMILES string of the molecule is NC1(C=O)c2cc(Br)ccc2CC12CN(c1ncccn1)C2. The molecule has 2 heterocycles. The van der Waals surface area contributed by atoms with Crippen LogP contribution in [0.4, 0.5) is 5.95 Å². The topological polar surface area (TPSA) is 72.1 Å². The molecule has 0 saturated carbocycles. The number of nitrogens with two attached hydrogens (primary N) is 1. The van der Waals surface area contributed by atoms with Crippen LogP contribution in [0.25, 0.3) is 0 Å². The lowest BCUT2D eigenvalue weighted by atomic mass is 9.66. The normalized spacial score (nSPS) is 24.9. The molecule has 1 aromatic heterocycles. The predicted molar refractivity (Wildman–Crippen MR) is 86.5 cm³/mol. The van der Waals surface area contributed by atoms with Crippen molar-refractivity contribution in [2.75, 3.05) is 18.0 Å². The van der Waals surface area contributed by atoms with Crippen LogP contribution in [0.15, 0.2) is 41.1 Å². The molecule has 5 nitrogen and oxygen atoms in total. The Morgan fingerprint density at radius 3 is 2.68 bits per heavy atom. The van der Waals surface area contributed by atoms with Crippen molar-refractivity contribution in [2.24, 2.45) is 11.1 Å². The highest BCUT2D eigenvalue weighted by atomic mass is 79.9. The average molecular weight is 359 g/mol. The van der Waals surface area contributed by atoms with E-state index in [2.05, 4.69) is 36.9 Å². The average Bonchev–Trinajstić information content (AvgIpc) is 2.77. The van der Waals surface area contributed by atoms with Gasteiger partial charge in [-0.2, -0.15) is 0 Å². The van der Waals surface area contributed by atoms with Crippen LogP contribution in [0.2, 0.25) is 0 Å². The van der Waals surface area contributed by atoms with Gasteiger partial charge in [0, 0.05) is 35.4 Å². The maximum atomic E-state index is 11.9. The van der Waals surface area contributed by atoms with Gasteiger partial charge in [-0.15, -0.1) is 0 Å². The second-order valence-corrected chi connectivity index (χ2v) is 7.07. The molecule has 0 amide bonds. The fourth-order valence-corrected chi connectivity index (χ4v) is 4.09. The summed E-state index contributed by atoms with van der Waals surface area (Å²) in [6, 6.07) is 7.82. The van der Waals surface area contributed by atoms with Crippen molar-refractivity contribution in [1.82, 2.24) is 9.97 Å². The molecule has 112 valence electrons. The van der Waals surface area contributed by atoms with Gasteiger partial charge in [0.2, 0.25) is 5.95 Å². The van der Waals surface area contributed by atoms with Gasteiger partial charge in [-0.1, -0.05) is 22.0 Å². The van der Waals surface area contributed by atoms with Crippen molar-refractivity contribution in [3.63, 3.8) is 0 Å². The Balaban J connectivity index is 1.69. The number of halogens is 1. The minimum atomic E-state index is -0.947. The Kier molecular flexibility index (Phi) is 2.90. The van der Waals surface area contributed by atoms with Crippen molar-refractivity contribution < 1.29 is 4.79 Å². The number of hydrogen-bond acceptors (Lipinski definition) is 5. The molecule has 2 aromatic rings. The second-order valence-electron chi connectivity index (χ2n) is 6.15. The molecule has 1 aromatic carbocycles. The smallest absolute Gasteiger partial charge is 0.225 e. The molecule has 1 saturated heterocycles. The van der Waals surface area contributed by atoms with Crippen LogP contribution in [0.1, 0.15) is 11.1 Å². The molecule has 2 N–H and O–H groups in total. The summed E-state index contributed by atoms with van der Waals surface area (Å²) in [7, 11) is 0. The van der Waals surface area contributed by atoms with E-state index in [1.807, 2.05) is 12.1 Å². The summed E-state index contributed by atoms with van der Waals surface area (Å²) in [5.74, 6) is 0.693. The second kappa shape index (κ2) is 4.60. The third-order valence-corrected chi connectivity index (χ3v) is 5.43. The van der Waals surface area contributed by atoms with Crippen LogP contribution in [-0.4, -0.2) is 29.3 Å². The first-order valence-electron chi connectivity index (χ1n) is 7.14. The van der Waals surface area contributed by atoms with E-state index in [0.717, 1.165) is 28.3 Å². The van der Waals surface area contributed by atoms with Gasteiger partial charge in [0.25, 0.3) is 0 Å². The molecule has 2 aliphatic rings. The van der Waals surface area contributed by atoms with E-state index in [0.29, 0.717) is 19.0 Å². The number of carbonyl (C=O) groups is 1. The van der Waals surface area contributed by atoms with Crippen LogP contribution < -0.4 is 10.6 Å². The van der Waals surface area contributed by atoms with Crippen molar-refractivity contribution in [1.29, 1.82) is 0 Å². The van der Waals surface area contributed by atoms with E-state index in [-0.39, 0.29) is 5.41 Å². The van der Waals surface area contributed by atoms with Crippen molar-refractivity contribution in [3.05, 3.63) is 52.3 Å². The molecule has 6 heteroatoms. The number of fused-ring (bicyclic) bond motifs is 1. The van der Waals surface area contributed by atoms with Crippen LogP contribution in [-0.2, 0) is 16.8 Å². The zero-order valence-electron chi connectivity index (χ0n) is 11.9. The van der Waals surface area contributed by atoms with Crippen LogP contribution in [0.5, 0.6) is 0 Å². The first-order chi connectivity index (χ1) is 10.6. The molecule has 1 aliphatic heterocycles. The summed E-state index contributed by atoms with van der Waals surface area (Å²) in [5.41, 5.74) is 7.44. The van der Waals surface area contributed by atoms with Gasteiger partial charge in [-0.05, 0) is 35.7 Å². The summed E-state index contributed by atoms with van der Waals surface area (Å²) >= 11 is 3.47. The maximum absolute atomic E-state index is 11.9. The highest BCUT2D eigenvalue weighted by molar-refractivity contribution is 9.10. The van der Waals surface area contributed by atoms with Crippen LogP contribution in [0, 0.1) is 5.41 Å². The van der Waals surface area contributed by atoms with Crippen molar-refractivity contribution >= 4 is 28.2 Å². The Morgan fingerprint density at radius 2 is 2.00 bits per heavy atom. The highest BCUT2D eigenvalue weighted by Crippen LogP contribution is 2.53. The Morgan fingerprint density at radius 1 is 1.27 bits per heavy atom. The number of aromatic nitrogens is 2. The van der Waals surface area contributed by atoms with E-state index < -0.39 is 5.54 Å². The largest absolute Gasteiger partial charge is 0.339 e. The summed E-state index contributed by atoms with van der Waals surface area (Å²) in [6.07, 6.45) is 5.18. The number of hydrogen-bond donors (Lipinski definition) is 1. The first kappa shape index (κ1) is 13.8. The quantitative estimate of drug-likeness (QED) is 0.826. The molecule has 1 atom stereocenters. The molecule has 22 heavy (non-hydrogen) atoms. The van der Waals surface area contributed by atoms with Crippen LogP contribution in [0.3, 0.4) is 0 Å². The summed E-state index contributed by atoms with van der Waals surface area (Å²) in [6.45, 7) is 1.39. The monoisotopic (exact) mass is 358 g/mol. The molecule has 0 bridgehead atoms. The van der Waals surface area contributed by atoms with E-state index >= 15 is 0 Å². The van der Waals surface area contributed by atoms with Gasteiger partial charge in [-0.25, -0.2) is 9.97 Å². The third kappa shape index (κ3) is 1.71. The molecule has 1 unspecified atom stereocenters. The van der Waals surface area contributed by atoms with Gasteiger partial charge < -0.3 is 15.4 Å². The lowest BCUT2D eigenvalue weighted by Gasteiger charge is -2.54. The number of nitrogens with zero attached hydrogens (tertiary/aromatic N) is 3. The standard InChI is InChI=1S/C16H15BrN4O/c17-12-3-2-11-7-15(16(18,10-22)13(11)6-12)8-21(9-15)14-19-4-1-5-20-14/h1-6,10H,7-9,18H2. The van der Waals surface area contributed by atoms with Crippen molar-refractivity contribution in [3.8, 4) is 0 Å². The molecular weight excluding hydrogens is 344 g/mol. The number of benzene rings is 1. The zero-order chi connectivity index (χ0) is 15.4. The van der Waals surface area contributed by atoms with Gasteiger partial charge in [0.05, 0.1) is 0 Å². The molecule has 1 spiro atoms. The number of rotatable bonds is 2. The zero-order valence-corrected chi connectivity index (χ0v) is 13.5. The maximum Gasteiger partial charge on any atom is 0.225 e. The lowest BCUT2D eigenvalue weighted by Crippen LogP contribution is -2.69. The van der Waals surface area contributed by atoms with E-state index in [9.17, 15) is 4.79 Å². The fourth-order valence-electron chi connectivity index (χ4n) is 3.73. The minimum absolute atomic E-state index is 0.267. The van der Waals surface area contributed by atoms with E-state index in [4.69, 9.17) is 5.73 Å². The van der Waals surface area contributed by atoms with E-state index in [1.165, 1.54) is 0 Å². The van der Waals surface area contributed by atoms with E-state index in [1.54, 1.807) is 18.5 Å². The summed E-state index contributed by atoms with van der Waals surface area (Å²) < 4.78 is 0.947. The summed E-state index contributed by atoms with van der Waals surface area (Å²) in [5, 5.41) is 0. The molecule has 4 rings (SSSR count). The molecular formula is C16H15BrN4O. The number of carbonyl (C=O) groups excluding carboxylic acids is 1. The molecule has 1 aliphatic carbocycles. The van der Waals surface area contributed by atoms with Gasteiger partial charge in [0.15, 0.2) is 0 Å². The highest BCUT2D eigenvalue weighted by Gasteiger charge is 2.62. The van der Waals surface area contributed by atoms with Gasteiger partial charge >= 0.3 is 0 Å². The van der Waals surface area contributed by atoms with Gasteiger partial charge in [-0.3, -0.25) is 0 Å². The Hall–Kier alpha value is -1.79. The molecule has 0 radical (unpaired) electrons. The fraction of sp³-hybridized carbons (Fsp3) is 0.312. The third-order valence-electron chi connectivity index (χ3n) is 4.93. The summed E-state index contributed by atoms with van der Waals surface area (Å²) in [4.78, 5) is 22.5. The Bertz CT molecular complexity index is 745. The number of anilines is 1. The molecule has 1 fully saturated rings. The van der Waals surface area contributed by atoms with Crippen LogP contribution >= 0.6 is 15.9 Å². The Labute approximate surface area is 136 Å². The van der Waals surface area contributed by atoms with Gasteiger partial charge in [0.1, 0.15) is 11.8 Å². The van der Waals surface area contributed by atoms with Crippen molar-refractivity contribution in [2.45, 2.75) is 12.0 Å². The predicted octanol–water partition coefficient (Wildman–Crippen LogP) is 1.65. The lowest BCUT2D eigenvalue weighted by molar-refractivity contribution is -0.117. The number of aldehydes is 1.